The first-order valence-corrected chi connectivity index (χ1v) is 5.87. The van der Waals surface area contributed by atoms with Crippen molar-refractivity contribution >= 4 is 0 Å². The minimum atomic E-state index is -0.0518. The van der Waals surface area contributed by atoms with Gasteiger partial charge in [-0.1, -0.05) is 0 Å². The highest BCUT2D eigenvalue weighted by molar-refractivity contribution is 4.91. The molecule has 0 bridgehead atoms. The van der Waals surface area contributed by atoms with Crippen molar-refractivity contribution in [3.05, 3.63) is 0 Å². The molecule has 0 fully saturated rings. The van der Waals surface area contributed by atoms with Crippen LogP contribution >= 0.6 is 0 Å². The molecular formula is C13H23N3. The van der Waals surface area contributed by atoms with Gasteiger partial charge in [-0.05, 0) is 47.5 Å². The second kappa shape index (κ2) is 6.51. The van der Waals surface area contributed by atoms with E-state index in [2.05, 4.69) is 38.2 Å². The maximum atomic E-state index is 8.79. The Labute approximate surface area is 99.5 Å². The minimum Gasteiger partial charge on any atom is -0.309 e. The fourth-order valence-corrected chi connectivity index (χ4v) is 2.18. The summed E-state index contributed by atoms with van der Waals surface area (Å²) in [6.07, 6.45) is 1.68. The highest BCUT2D eigenvalue weighted by Crippen LogP contribution is 2.17. The lowest BCUT2D eigenvalue weighted by atomic mass is 9.90. The molecule has 0 aromatic heterocycles. The van der Waals surface area contributed by atoms with E-state index < -0.39 is 0 Å². The van der Waals surface area contributed by atoms with Gasteiger partial charge < -0.3 is 5.32 Å². The molecule has 3 heteroatoms. The molecule has 0 radical (unpaired) electrons. The summed E-state index contributed by atoms with van der Waals surface area (Å²) in [4.78, 5) is 0. The average molecular weight is 221 g/mol. The van der Waals surface area contributed by atoms with Crippen molar-refractivity contribution < 1.29 is 0 Å². The zero-order valence-corrected chi connectivity index (χ0v) is 11.0. The second-order valence-corrected chi connectivity index (χ2v) is 5.43. The standard InChI is InChI=1S/C13H23N3/c1-10(8-14)6-12(3)16-13(4,5)7-11(2)9-15/h10-12,16H,6-7H2,1-5H3. The Bertz CT molecular complexity index is 283. The van der Waals surface area contributed by atoms with Crippen molar-refractivity contribution in [3.8, 4) is 12.1 Å². The van der Waals surface area contributed by atoms with E-state index in [4.69, 9.17) is 10.5 Å². The van der Waals surface area contributed by atoms with Crippen molar-refractivity contribution in [3.63, 3.8) is 0 Å². The van der Waals surface area contributed by atoms with Crippen LogP contribution in [0.4, 0.5) is 0 Å². The first kappa shape index (κ1) is 14.9. The molecule has 0 rings (SSSR count). The molecule has 0 aliphatic heterocycles. The van der Waals surface area contributed by atoms with Gasteiger partial charge in [0.1, 0.15) is 0 Å². The summed E-state index contributed by atoms with van der Waals surface area (Å²) in [5.41, 5.74) is -0.0518. The van der Waals surface area contributed by atoms with Crippen LogP contribution in [0.5, 0.6) is 0 Å². The Morgan fingerprint density at radius 2 is 1.56 bits per heavy atom. The van der Waals surface area contributed by atoms with Crippen molar-refractivity contribution in [1.29, 1.82) is 10.5 Å². The zero-order chi connectivity index (χ0) is 12.8. The molecule has 0 aromatic carbocycles. The van der Waals surface area contributed by atoms with E-state index in [1.807, 2.05) is 13.8 Å². The van der Waals surface area contributed by atoms with E-state index in [9.17, 15) is 0 Å². The lowest BCUT2D eigenvalue weighted by Crippen LogP contribution is -2.46. The third-order valence-corrected chi connectivity index (χ3v) is 2.60. The van der Waals surface area contributed by atoms with E-state index in [0.29, 0.717) is 6.04 Å². The van der Waals surface area contributed by atoms with Gasteiger partial charge in [-0.2, -0.15) is 10.5 Å². The van der Waals surface area contributed by atoms with Gasteiger partial charge in [-0.3, -0.25) is 0 Å². The molecule has 90 valence electrons. The predicted molar refractivity (Wildman–Crippen MR) is 65.5 cm³/mol. The maximum absolute atomic E-state index is 8.79. The van der Waals surface area contributed by atoms with Gasteiger partial charge in [0.05, 0.1) is 12.1 Å². The van der Waals surface area contributed by atoms with Crippen molar-refractivity contribution in [1.82, 2.24) is 5.32 Å². The number of hydrogen-bond donors (Lipinski definition) is 1. The van der Waals surface area contributed by atoms with E-state index >= 15 is 0 Å². The van der Waals surface area contributed by atoms with Gasteiger partial charge in [0.2, 0.25) is 0 Å². The Morgan fingerprint density at radius 1 is 1.06 bits per heavy atom. The quantitative estimate of drug-likeness (QED) is 0.750. The van der Waals surface area contributed by atoms with Gasteiger partial charge >= 0.3 is 0 Å². The summed E-state index contributed by atoms with van der Waals surface area (Å²) >= 11 is 0. The molecule has 3 nitrogen and oxygen atoms in total. The third-order valence-electron chi connectivity index (χ3n) is 2.60. The van der Waals surface area contributed by atoms with E-state index in [1.54, 1.807) is 0 Å². The number of nitrogens with zero attached hydrogens (tertiary/aromatic N) is 2. The Kier molecular flexibility index (Phi) is 6.08. The molecule has 0 spiro atoms. The van der Waals surface area contributed by atoms with Crippen molar-refractivity contribution in [2.24, 2.45) is 11.8 Å². The first-order chi connectivity index (χ1) is 7.30. The van der Waals surface area contributed by atoms with Crippen LogP contribution in [0.15, 0.2) is 0 Å². The molecule has 0 heterocycles. The fraction of sp³-hybridized carbons (Fsp3) is 0.846. The predicted octanol–water partition coefficient (Wildman–Crippen LogP) is 2.84. The number of nitrogens with one attached hydrogen (secondary N) is 1. The normalized spacial score (nSPS) is 16.9. The first-order valence-electron chi connectivity index (χ1n) is 5.87. The van der Waals surface area contributed by atoms with Crippen LogP contribution in [0, 0.1) is 34.5 Å². The second-order valence-electron chi connectivity index (χ2n) is 5.43. The number of nitriles is 2. The lowest BCUT2D eigenvalue weighted by molar-refractivity contribution is 0.286. The average Bonchev–Trinajstić information content (AvgIpc) is 2.15. The van der Waals surface area contributed by atoms with E-state index in [0.717, 1.165) is 12.8 Å². The SMILES string of the molecule is CC(C#N)CC(C)NC(C)(C)CC(C)C#N. The summed E-state index contributed by atoms with van der Waals surface area (Å²) in [6.45, 7) is 10.2. The van der Waals surface area contributed by atoms with Crippen LogP contribution in [-0.4, -0.2) is 11.6 Å². The van der Waals surface area contributed by atoms with Gasteiger partial charge in [0.15, 0.2) is 0 Å². The molecule has 3 atom stereocenters. The molecule has 0 aliphatic carbocycles. The van der Waals surface area contributed by atoms with Crippen LogP contribution in [-0.2, 0) is 0 Å². The zero-order valence-electron chi connectivity index (χ0n) is 11.0. The van der Waals surface area contributed by atoms with E-state index in [1.165, 1.54) is 0 Å². The third kappa shape index (κ3) is 6.43. The molecule has 1 N–H and O–H groups in total. The highest BCUT2D eigenvalue weighted by Gasteiger charge is 2.23. The van der Waals surface area contributed by atoms with Crippen molar-refractivity contribution in [2.75, 3.05) is 0 Å². The minimum absolute atomic E-state index is 0.0518. The van der Waals surface area contributed by atoms with E-state index in [-0.39, 0.29) is 17.4 Å². The summed E-state index contributed by atoms with van der Waals surface area (Å²) in [5.74, 6) is 0.134. The molecule has 0 amide bonds. The lowest BCUT2D eigenvalue weighted by Gasteiger charge is -2.31. The van der Waals surface area contributed by atoms with Crippen LogP contribution in [0.2, 0.25) is 0 Å². The van der Waals surface area contributed by atoms with Crippen LogP contribution in [0.25, 0.3) is 0 Å². The Balaban J connectivity index is 4.16. The monoisotopic (exact) mass is 221 g/mol. The Morgan fingerprint density at radius 3 is 2.00 bits per heavy atom. The molecule has 0 aromatic rings. The van der Waals surface area contributed by atoms with Crippen molar-refractivity contribution in [2.45, 2.75) is 59.0 Å². The Hall–Kier alpha value is -1.06. The van der Waals surface area contributed by atoms with Gasteiger partial charge in [-0.15, -0.1) is 0 Å². The van der Waals surface area contributed by atoms with Gasteiger partial charge in [-0.25, -0.2) is 0 Å². The summed E-state index contributed by atoms with van der Waals surface area (Å²) in [7, 11) is 0. The summed E-state index contributed by atoms with van der Waals surface area (Å²) in [6, 6.07) is 4.80. The highest BCUT2D eigenvalue weighted by atomic mass is 15.0. The van der Waals surface area contributed by atoms with Gasteiger partial charge in [0, 0.05) is 23.4 Å². The molecule has 3 unspecified atom stereocenters. The smallest absolute Gasteiger partial charge is 0.0653 e. The van der Waals surface area contributed by atoms with Crippen LogP contribution < -0.4 is 5.32 Å². The molecule has 0 saturated carbocycles. The topological polar surface area (TPSA) is 59.6 Å². The molecule has 0 saturated heterocycles. The van der Waals surface area contributed by atoms with Gasteiger partial charge in [0.25, 0.3) is 0 Å². The van der Waals surface area contributed by atoms with Crippen LogP contribution in [0.3, 0.4) is 0 Å². The van der Waals surface area contributed by atoms with Crippen LogP contribution in [0.1, 0.15) is 47.5 Å². The number of hydrogen-bond acceptors (Lipinski definition) is 3. The summed E-state index contributed by atoms with van der Waals surface area (Å²) < 4.78 is 0. The largest absolute Gasteiger partial charge is 0.309 e. The maximum Gasteiger partial charge on any atom is 0.0653 e. The molecule has 0 aliphatic rings. The summed E-state index contributed by atoms with van der Waals surface area (Å²) in [5, 5.41) is 21.0. The number of rotatable bonds is 6. The molecular weight excluding hydrogens is 198 g/mol. The molecule has 16 heavy (non-hydrogen) atoms. The fourth-order valence-electron chi connectivity index (χ4n) is 2.18.